The second kappa shape index (κ2) is 3.92. The third kappa shape index (κ3) is 1.93. The van der Waals surface area contributed by atoms with Crippen LogP contribution in [0.3, 0.4) is 0 Å². The number of phenolic OH excluding ortho intramolecular Hbond substituents is 1. The van der Waals surface area contributed by atoms with Gasteiger partial charge >= 0.3 is 6.03 Å². The third-order valence-electron chi connectivity index (χ3n) is 3.44. The summed E-state index contributed by atoms with van der Waals surface area (Å²) in [4.78, 5) is 13.9. The summed E-state index contributed by atoms with van der Waals surface area (Å²) in [5.74, 6) is 0.201. The van der Waals surface area contributed by atoms with Crippen molar-refractivity contribution in [1.29, 1.82) is 0 Å². The summed E-state index contributed by atoms with van der Waals surface area (Å²) < 4.78 is 0. The van der Waals surface area contributed by atoms with Crippen LogP contribution in [-0.4, -0.2) is 41.2 Å². The summed E-state index contributed by atoms with van der Waals surface area (Å²) in [5.41, 5.74) is 0.712. The van der Waals surface area contributed by atoms with Crippen LogP contribution in [-0.2, 0) is 0 Å². The first-order valence-electron chi connectivity index (χ1n) is 5.82. The van der Waals surface area contributed by atoms with Crippen LogP contribution < -0.4 is 10.6 Å². The second-order valence-electron chi connectivity index (χ2n) is 4.62. The van der Waals surface area contributed by atoms with E-state index in [9.17, 15) is 4.79 Å². The van der Waals surface area contributed by atoms with Crippen LogP contribution in [0.4, 0.5) is 10.5 Å². The van der Waals surface area contributed by atoms with Gasteiger partial charge in [0.2, 0.25) is 0 Å². The fraction of sp³-hybridized carbons (Fsp3) is 0.417. The molecule has 17 heavy (non-hydrogen) atoms. The summed E-state index contributed by atoms with van der Waals surface area (Å²) in [7, 11) is 0. The van der Waals surface area contributed by atoms with Crippen molar-refractivity contribution in [3.8, 4) is 5.75 Å². The van der Waals surface area contributed by atoms with E-state index in [0.29, 0.717) is 17.8 Å². The topological polar surface area (TPSA) is 64.6 Å². The molecule has 2 atom stereocenters. The van der Waals surface area contributed by atoms with Crippen LogP contribution in [0.1, 0.15) is 6.42 Å². The van der Waals surface area contributed by atoms with Crippen molar-refractivity contribution in [2.24, 2.45) is 0 Å². The fourth-order valence-corrected chi connectivity index (χ4v) is 2.55. The Morgan fingerprint density at radius 1 is 1.41 bits per heavy atom. The van der Waals surface area contributed by atoms with Gasteiger partial charge in [-0.05, 0) is 30.7 Å². The number of piperazine rings is 1. The lowest BCUT2D eigenvalue weighted by molar-refractivity contribution is 0.199. The molecule has 3 N–H and O–H groups in total. The number of carbonyl (C=O) groups excluding carboxylic acids is 1. The van der Waals surface area contributed by atoms with Crippen LogP contribution in [0.5, 0.6) is 5.75 Å². The van der Waals surface area contributed by atoms with E-state index in [1.54, 1.807) is 24.3 Å². The van der Waals surface area contributed by atoms with Crippen LogP contribution in [0, 0.1) is 0 Å². The molecule has 5 nitrogen and oxygen atoms in total. The quantitative estimate of drug-likeness (QED) is 0.633. The number of hydrogen-bond acceptors (Lipinski definition) is 3. The Bertz CT molecular complexity index is 432. The lowest BCUT2D eigenvalue weighted by Crippen LogP contribution is -2.48. The number of amides is 2. The number of fused-ring (bicyclic) bond motifs is 2. The van der Waals surface area contributed by atoms with Gasteiger partial charge in [-0.1, -0.05) is 0 Å². The standard InChI is InChI=1S/C12H15N3O2/c16-11-3-1-8(2-4-11)14-12(17)15-7-9-5-10(15)6-13-9/h1-4,9-10,13,16H,5-7H2,(H,14,17). The van der Waals surface area contributed by atoms with E-state index in [1.807, 2.05) is 4.90 Å². The lowest BCUT2D eigenvalue weighted by Gasteiger charge is -2.27. The number of nitrogens with zero attached hydrogens (tertiary/aromatic N) is 1. The van der Waals surface area contributed by atoms with E-state index < -0.39 is 0 Å². The van der Waals surface area contributed by atoms with Crippen molar-refractivity contribution < 1.29 is 9.90 Å². The van der Waals surface area contributed by atoms with Gasteiger partial charge in [0.25, 0.3) is 0 Å². The van der Waals surface area contributed by atoms with E-state index in [4.69, 9.17) is 5.11 Å². The predicted molar refractivity (Wildman–Crippen MR) is 64.0 cm³/mol. The Morgan fingerprint density at radius 3 is 2.76 bits per heavy atom. The first-order valence-corrected chi connectivity index (χ1v) is 5.82. The van der Waals surface area contributed by atoms with Gasteiger partial charge in [-0.15, -0.1) is 0 Å². The van der Waals surface area contributed by atoms with E-state index in [2.05, 4.69) is 10.6 Å². The Balaban J connectivity index is 1.65. The molecule has 2 heterocycles. The Hall–Kier alpha value is -1.75. The summed E-state index contributed by atoms with van der Waals surface area (Å²) in [5, 5.41) is 15.4. The molecule has 0 aliphatic carbocycles. The number of nitrogens with one attached hydrogen (secondary N) is 2. The van der Waals surface area contributed by atoms with Crippen molar-refractivity contribution in [2.75, 3.05) is 18.4 Å². The summed E-state index contributed by atoms with van der Waals surface area (Å²) in [6.07, 6.45) is 1.06. The van der Waals surface area contributed by atoms with Gasteiger partial charge in [-0.3, -0.25) is 0 Å². The van der Waals surface area contributed by atoms with Crippen molar-refractivity contribution in [2.45, 2.75) is 18.5 Å². The van der Waals surface area contributed by atoms with E-state index in [1.165, 1.54) is 0 Å². The molecule has 2 unspecified atom stereocenters. The molecule has 2 bridgehead atoms. The van der Waals surface area contributed by atoms with Crippen LogP contribution in [0.15, 0.2) is 24.3 Å². The maximum Gasteiger partial charge on any atom is 0.322 e. The van der Waals surface area contributed by atoms with Gasteiger partial charge in [-0.25, -0.2) is 4.79 Å². The highest BCUT2D eigenvalue weighted by molar-refractivity contribution is 5.90. The van der Waals surface area contributed by atoms with Crippen molar-refractivity contribution in [3.05, 3.63) is 24.3 Å². The van der Waals surface area contributed by atoms with E-state index in [0.717, 1.165) is 19.5 Å². The number of rotatable bonds is 1. The molecule has 2 aliphatic heterocycles. The van der Waals surface area contributed by atoms with Crippen molar-refractivity contribution in [3.63, 3.8) is 0 Å². The van der Waals surface area contributed by atoms with Gasteiger partial charge in [0.15, 0.2) is 0 Å². The average molecular weight is 233 g/mol. The zero-order chi connectivity index (χ0) is 11.8. The van der Waals surface area contributed by atoms with Crippen molar-refractivity contribution >= 4 is 11.7 Å². The molecule has 0 radical (unpaired) electrons. The molecular weight excluding hydrogens is 218 g/mol. The Kier molecular flexibility index (Phi) is 2.40. The Morgan fingerprint density at radius 2 is 2.18 bits per heavy atom. The number of phenols is 1. The zero-order valence-corrected chi connectivity index (χ0v) is 9.39. The molecule has 1 aromatic carbocycles. The minimum absolute atomic E-state index is 0.0512. The first kappa shape index (κ1) is 10.4. The van der Waals surface area contributed by atoms with Gasteiger partial charge < -0.3 is 20.6 Å². The lowest BCUT2D eigenvalue weighted by atomic mass is 10.2. The molecule has 0 spiro atoms. The zero-order valence-electron chi connectivity index (χ0n) is 9.39. The molecule has 5 heteroatoms. The van der Waals surface area contributed by atoms with Crippen LogP contribution in [0.2, 0.25) is 0 Å². The highest BCUT2D eigenvalue weighted by Gasteiger charge is 2.40. The first-order chi connectivity index (χ1) is 8.22. The highest BCUT2D eigenvalue weighted by Crippen LogP contribution is 2.24. The normalized spacial score (nSPS) is 26.2. The fourth-order valence-electron chi connectivity index (χ4n) is 2.55. The molecular formula is C12H15N3O2. The number of anilines is 1. The monoisotopic (exact) mass is 233 g/mol. The number of aromatic hydroxyl groups is 1. The van der Waals surface area contributed by atoms with Crippen LogP contribution in [0.25, 0.3) is 0 Å². The van der Waals surface area contributed by atoms with Crippen LogP contribution >= 0.6 is 0 Å². The average Bonchev–Trinajstić information content (AvgIpc) is 2.94. The minimum atomic E-state index is -0.0512. The van der Waals surface area contributed by atoms with E-state index >= 15 is 0 Å². The largest absolute Gasteiger partial charge is 0.508 e. The molecule has 3 rings (SSSR count). The second-order valence-corrected chi connectivity index (χ2v) is 4.62. The molecule has 90 valence electrons. The maximum atomic E-state index is 12.0. The minimum Gasteiger partial charge on any atom is -0.508 e. The van der Waals surface area contributed by atoms with Gasteiger partial charge in [-0.2, -0.15) is 0 Å². The van der Waals surface area contributed by atoms with Crippen molar-refractivity contribution in [1.82, 2.24) is 10.2 Å². The summed E-state index contributed by atoms with van der Waals surface area (Å²) >= 11 is 0. The SMILES string of the molecule is O=C(Nc1ccc(O)cc1)N1CC2CC1CN2. The maximum absolute atomic E-state index is 12.0. The summed E-state index contributed by atoms with van der Waals surface area (Å²) in [6.45, 7) is 1.68. The molecule has 2 fully saturated rings. The molecule has 0 aromatic heterocycles. The number of benzene rings is 1. The molecule has 0 saturated carbocycles. The third-order valence-corrected chi connectivity index (χ3v) is 3.44. The highest BCUT2D eigenvalue weighted by atomic mass is 16.3. The molecule has 2 aliphatic rings. The molecule has 1 aromatic rings. The van der Waals surface area contributed by atoms with Gasteiger partial charge in [0.1, 0.15) is 5.75 Å². The molecule has 2 amide bonds. The number of carbonyl (C=O) groups is 1. The predicted octanol–water partition coefficient (Wildman–Crippen LogP) is 0.970. The Labute approximate surface area is 99.4 Å². The number of hydrogen-bond donors (Lipinski definition) is 3. The van der Waals surface area contributed by atoms with E-state index in [-0.39, 0.29) is 11.8 Å². The van der Waals surface area contributed by atoms with Gasteiger partial charge in [0, 0.05) is 30.9 Å². The number of likely N-dealkylation sites (tertiary alicyclic amines) is 1. The summed E-state index contributed by atoms with van der Waals surface area (Å²) in [6, 6.07) is 7.26. The molecule has 2 saturated heterocycles. The number of urea groups is 1. The van der Waals surface area contributed by atoms with Gasteiger partial charge in [0.05, 0.1) is 0 Å². The smallest absolute Gasteiger partial charge is 0.322 e.